The number of nitrogens with zero attached hydrogens (tertiary/aromatic N) is 3. The van der Waals surface area contributed by atoms with Gasteiger partial charge in [-0.15, -0.1) is 0 Å². The number of aryl methyl sites for hydroxylation is 1. The first-order valence-electron chi connectivity index (χ1n) is 7.12. The van der Waals surface area contributed by atoms with Gasteiger partial charge in [0.2, 0.25) is 0 Å². The third kappa shape index (κ3) is 3.15. The number of hydrogen-bond acceptors (Lipinski definition) is 5. The molecule has 2 atom stereocenters. The van der Waals surface area contributed by atoms with Crippen LogP contribution < -0.4 is 16.2 Å². The molecule has 0 radical (unpaired) electrons. The van der Waals surface area contributed by atoms with Crippen LogP contribution in [0, 0.1) is 18.8 Å². The van der Waals surface area contributed by atoms with Crippen LogP contribution in [0.3, 0.4) is 0 Å². The lowest BCUT2D eigenvalue weighted by Gasteiger charge is -2.22. The summed E-state index contributed by atoms with van der Waals surface area (Å²) in [4.78, 5) is 11.4. The standard InChI is InChI=1S/C14H25N5/c1-5-6-12-16-13(18-15)10(3)14(17-12)19(4)8-11-7-9(11)2/h9,11H,5-8,15H2,1-4H3,(H,16,17,18). The lowest BCUT2D eigenvalue weighted by atomic mass is 10.2. The van der Waals surface area contributed by atoms with Crippen molar-refractivity contribution < 1.29 is 0 Å². The van der Waals surface area contributed by atoms with Gasteiger partial charge in [-0.25, -0.2) is 15.8 Å². The zero-order valence-electron chi connectivity index (χ0n) is 12.4. The van der Waals surface area contributed by atoms with E-state index in [1.165, 1.54) is 6.42 Å². The number of hydrazine groups is 1. The second-order valence-corrected chi connectivity index (χ2v) is 5.68. The minimum absolute atomic E-state index is 0.740. The first-order valence-corrected chi connectivity index (χ1v) is 7.12. The van der Waals surface area contributed by atoms with Crippen LogP contribution in [0.4, 0.5) is 11.6 Å². The number of anilines is 2. The van der Waals surface area contributed by atoms with Crippen LogP contribution >= 0.6 is 0 Å². The summed E-state index contributed by atoms with van der Waals surface area (Å²) in [6, 6.07) is 0. The molecule has 0 saturated heterocycles. The van der Waals surface area contributed by atoms with Crippen molar-refractivity contribution in [3.05, 3.63) is 11.4 Å². The van der Waals surface area contributed by atoms with Gasteiger partial charge < -0.3 is 10.3 Å². The van der Waals surface area contributed by atoms with Crippen LogP contribution in [0.15, 0.2) is 0 Å². The highest BCUT2D eigenvalue weighted by Gasteiger charge is 2.33. The number of aromatic nitrogens is 2. The second kappa shape index (κ2) is 5.74. The molecule has 1 aliphatic rings. The summed E-state index contributed by atoms with van der Waals surface area (Å²) in [6.07, 6.45) is 3.25. The molecule has 5 heteroatoms. The average Bonchev–Trinajstić information content (AvgIpc) is 3.07. The highest BCUT2D eigenvalue weighted by Crippen LogP contribution is 2.39. The smallest absolute Gasteiger partial charge is 0.148 e. The Balaban J connectivity index is 2.23. The Morgan fingerprint density at radius 1 is 1.42 bits per heavy atom. The molecule has 0 aliphatic heterocycles. The second-order valence-electron chi connectivity index (χ2n) is 5.68. The van der Waals surface area contributed by atoms with E-state index in [1.54, 1.807) is 0 Å². The Labute approximate surface area is 115 Å². The van der Waals surface area contributed by atoms with E-state index < -0.39 is 0 Å². The third-order valence-corrected chi connectivity index (χ3v) is 3.92. The topological polar surface area (TPSA) is 67.1 Å². The van der Waals surface area contributed by atoms with Gasteiger partial charge in [0.25, 0.3) is 0 Å². The van der Waals surface area contributed by atoms with Crippen LogP contribution in [-0.4, -0.2) is 23.6 Å². The summed E-state index contributed by atoms with van der Waals surface area (Å²) in [5.74, 6) is 9.84. The summed E-state index contributed by atoms with van der Waals surface area (Å²) in [6.45, 7) is 7.52. The first-order chi connectivity index (χ1) is 9.06. The molecule has 0 spiro atoms. The Hall–Kier alpha value is -1.36. The molecule has 2 unspecified atom stereocenters. The van der Waals surface area contributed by atoms with Gasteiger partial charge in [-0.3, -0.25) is 0 Å². The summed E-state index contributed by atoms with van der Waals surface area (Å²) in [5, 5.41) is 0. The van der Waals surface area contributed by atoms with E-state index in [-0.39, 0.29) is 0 Å². The van der Waals surface area contributed by atoms with Crippen LogP contribution in [0.1, 0.15) is 38.1 Å². The van der Waals surface area contributed by atoms with E-state index in [2.05, 4.69) is 36.2 Å². The van der Waals surface area contributed by atoms with E-state index in [4.69, 9.17) is 10.8 Å². The van der Waals surface area contributed by atoms with Crippen molar-refractivity contribution in [2.45, 2.75) is 40.0 Å². The molecule has 19 heavy (non-hydrogen) atoms. The van der Waals surface area contributed by atoms with Crippen LogP contribution in [-0.2, 0) is 6.42 Å². The number of nitrogen functional groups attached to an aromatic ring is 1. The van der Waals surface area contributed by atoms with E-state index in [9.17, 15) is 0 Å². The first kappa shape index (κ1) is 14.1. The number of hydrogen-bond donors (Lipinski definition) is 2. The maximum Gasteiger partial charge on any atom is 0.148 e. The fourth-order valence-corrected chi connectivity index (χ4v) is 2.49. The molecule has 1 aromatic rings. The van der Waals surface area contributed by atoms with Crippen molar-refractivity contribution in [3.8, 4) is 0 Å². The molecule has 2 rings (SSSR count). The van der Waals surface area contributed by atoms with Gasteiger partial charge >= 0.3 is 0 Å². The maximum absolute atomic E-state index is 5.56. The highest BCUT2D eigenvalue weighted by atomic mass is 15.3. The number of rotatable bonds is 6. The van der Waals surface area contributed by atoms with E-state index in [1.807, 2.05) is 6.92 Å². The van der Waals surface area contributed by atoms with Crippen molar-refractivity contribution >= 4 is 11.6 Å². The SMILES string of the molecule is CCCc1nc(NN)c(C)c(N(C)CC2CC2C)n1. The lowest BCUT2D eigenvalue weighted by Crippen LogP contribution is -2.24. The summed E-state index contributed by atoms with van der Waals surface area (Å²) >= 11 is 0. The minimum atomic E-state index is 0.740. The largest absolute Gasteiger partial charge is 0.359 e. The summed E-state index contributed by atoms with van der Waals surface area (Å²) < 4.78 is 0. The van der Waals surface area contributed by atoms with Gasteiger partial charge in [0.05, 0.1) is 0 Å². The fraction of sp³-hybridized carbons (Fsp3) is 0.714. The Bertz CT molecular complexity index is 446. The molecule has 0 amide bonds. The van der Waals surface area contributed by atoms with Gasteiger partial charge in [-0.05, 0) is 31.6 Å². The zero-order valence-corrected chi connectivity index (χ0v) is 12.4. The van der Waals surface area contributed by atoms with Gasteiger partial charge in [-0.2, -0.15) is 0 Å². The highest BCUT2D eigenvalue weighted by molar-refractivity contribution is 5.58. The van der Waals surface area contributed by atoms with Crippen LogP contribution in [0.25, 0.3) is 0 Å². The van der Waals surface area contributed by atoms with Crippen molar-refractivity contribution in [2.24, 2.45) is 17.7 Å². The number of nitrogens with two attached hydrogens (primary N) is 1. The molecule has 1 saturated carbocycles. The monoisotopic (exact) mass is 263 g/mol. The van der Waals surface area contributed by atoms with Gasteiger partial charge in [-0.1, -0.05) is 13.8 Å². The third-order valence-electron chi connectivity index (χ3n) is 3.92. The van der Waals surface area contributed by atoms with Crippen molar-refractivity contribution in [1.82, 2.24) is 9.97 Å². The summed E-state index contributed by atoms with van der Waals surface area (Å²) in [7, 11) is 2.11. The van der Waals surface area contributed by atoms with Crippen molar-refractivity contribution in [3.63, 3.8) is 0 Å². The molecule has 1 aromatic heterocycles. The van der Waals surface area contributed by atoms with Gasteiger partial charge in [0.15, 0.2) is 0 Å². The molecule has 1 fully saturated rings. The van der Waals surface area contributed by atoms with Crippen LogP contribution in [0.2, 0.25) is 0 Å². The van der Waals surface area contributed by atoms with Gasteiger partial charge in [0, 0.05) is 25.6 Å². The molecule has 1 heterocycles. The number of nitrogens with one attached hydrogen (secondary N) is 1. The summed E-state index contributed by atoms with van der Waals surface area (Å²) in [5.41, 5.74) is 3.72. The predicted octanol–water partition coefficient (Wildman–Crippen LogP) is 2.12. The van der Waals surface area contributed by atoms with E-state index in [0.29, 0.717) is 0 Å². The Morgan fingerprint density at radius 3 is 2.63 bits per heavy atom. The fourth-order valence-electron chi connectivity index (χ4n) is 2.49. The lowest BCUT2D eigenvalue weighted by molar-refractivity contribution is 0.711. The normalized spacial score (nSPS) is 21.3. The molecule has 1 aliphatic carbocycles. The van der Waals surface area contributed by atoms with Crippen LogP contribution in [0.5, 0.6) is 0 Å². The Kier molecular flexibility index (Phi) is 4.24. The quantitative estimate of drug-likeness (QED) is 0.608. The predicted molar refractivity (Wildman–Crippen MR) is 79.1 cm³/mol. The molecule has 5 nitrogen and oxygen atoms in total. The van der Waals surface area contributed by atoms with Crippen molar-refractivity contribution in [1.29, 1.82) is 0 Å². The van der Waals surface area contributed by atoms with Gasteiger partial charge in [0.1, 0.15) is 17.5 Å². The van der Waals surface area contributed by atoms with Crippen molar-refractivity contribution in [2.75, 3.05) is 23.9 Å². The molecular formula is C14H25N5. The molecular weight excluding hydrogens is 238 g/mol. The minimum Gasteiger partial charge on any atom is -0.359 e. The molecule has 106 valence electrons. The molecule has 0 aromatic carbocycles. The molecule has 3 N–H and O–H groups in total. The average molecular weight is 263 g/mol. The van der Waals surface area contributed by atoms with E-state index >= 15 is 0 Å². The zero-order chi connectivity index (χ0) is 14.0. The molecule has 0 bridgehead atoms. The Morgan fingerprint density at radius 2 is 2.11 bits per heavy atom. The van der Waals surface area contributed by atoms with E-state index in [0.717, 1.165) is 54.2 Å². The maximum atomic E-state index is 5.56.